The molecule has 0 spiro atoms. The summed E-state index contributed by atoms with van der Waals surface area (Å²) in [4.78, 5) is 0. The van der Waals surface area contributed by atoms with Gasteiger partial charge in [-0.2, -0.15) is 0 Å². The molecule has 0 atom stereocenters. The van der Waals surface area contributed by atoms with Crippen molar-refractivity contribution < 1.29 is 14.4 Å². The number of phenols is 1. The Balaban J connectivity index is 2.32. The second-order valence-electron chi connectivity index (χ2n) is 5.33. The fraction of sp³-hybridized carbons (Fsp3) is 0.500. The first-order chi connectivity index (χ1) is 7.71. The first-order valence-electron chi connectivity index (χ1n) is 5.56. The van der Waals surface area contributed by atoms with E-state index in [2.05, 4.69) is 15.9 Å². The van der Waals surface area contributed by atoms with E-state index < -0.39 is 7.12 Å². The van der Waals surface area contributed by atoms with Gasteiger partial charge < -0.3 is 14.4 Å². The maximum atomic E-state index is 9.57. The number of rotatable bonds is 1. The van der Waals surface area contributed by atoms with Crippen LogP contribution in [0.5, 0.6) is 5.75 Å². The molecule has 3 nitrogen and oxygen atoms in total. The summed E-state index contributed by atoms with van der Waals surface area (Å²) >= 11 is 3.35. The van der Waals surface area contributed by atoms with Crippen molar-refractivity contribution in [1.29, 1.82) is 0 Å². The molecule has 0 bridgehead atoms. The Morgan fingerprint density at radius 3 is 2.06 bits per heavy atom. The molecule has 1 aliphatic rings. The fourth-order valence-electron chi connectivity index (χ4n) is 1.71. The first kappa shape index (κ1) is 12.9. The molecule has 0 saturated carbocycles. The Hall–Kier alpha value is -0.515. The Morgan fingerprint density at radius 1 is 1.06 bits per heavy atom. The van der Waals surface area contributed by atoms with Crippen LogP contribution in [0.3, 0.4) is 0 Å². The van der Waals surface area contributed by atoms with Crippen molar-refractivity contribution in [2.75, 3.05) is 0 Å². The minimum Gasteiger partial charge on any atom is -0.508 e. The van der Waals surface area contributed by atoms with Gasteiger partial charge in [0.05, 0.1) is 11.2 Å². The Bertz CT molecular complexity index is 409. The van der Waals surface area contributed by atoms with Gasteiger partial charge in [0, 0.05) is 4.47 Å². The van der Waals surface area contributed by atoms with E-state index in [0.717, 1.165) is 9.94 Å². The zero-order chi connectivity index (χ0) is 12.8. The minimum atomic E-state index is -0.441. The van der Waals surface area contributed by atoms with Crippen LogP contribution in [0.2, 0.25) is 0 Å². The molecule has 1 aliphatic heterocycles. The highest BCUT2D eigenvalue weighted by Crippen LogP contribution is 2.36. The molecule has 5 heteroatoms. The molecule has 1 heterocycles. The molecule has 0 unspecified atom stereocenters. The monoisotopic (exact) mass is 298 g/mol. The summed E-state index contributed by atoms with van der Waals surface area (Å²) in [7, 11) is -0.441. The van der Waals surface area contributed by atoms with Crippen molar-refractivity contribution in [3.63, 3.8) is 0 Å². The van der Waals surface area contributed by atoms with Crippen molar-refractivity contribution in [3.8, 4) is 5.75 Å². The predicted octanol–water partition coefficient (Wildman–Crippen LogP) is 2.45. The minimum absolute atomic E-state index is 0.198. The molecule has 2 rings (SSSR count). The lowest BCUT2D eigenvalue weighted by molar-refractivity contribution is 0.00578. The van der Waals surface area contributed by atoms with E-state index in [1.807, 2.05) is 33.8 Å². The van der Waals surface area contributed by atoms with Gasteiger partial charge in [0.25, 0.3) is 0 Å². The molecule has 1 N–H and O–H groups in total. The van der Waals surface area contributed by atoms with Crippen molar-refractivity contribution >= 4 is 28.5 Å². The molecule has 1 fully saturated rings. The second-order valence-corrected chi connectivity index (χ2v) is 6.25. The first-order valence-corrected chi connectivity index (χ1v) is 6.36. The van der Waals surface area contributed by atoms with Gasteiger partial charge in [-0.3, -0.25) is 0 Å². The third kappa shape index (κ3) is 2.37. The van der Waals surface area contributed by atoms with Gasteiger partial charge in [-0.25, -0.2) is 0 Å². The number of phenolic OH excluding ortho intramolecular Hbond substituents is 1. The molecule has 92 valence electrons. The van der Waals surface area contributed by atoms with Crippen LogP contribution in [-0.2, 0) is 9.31 Å². The van der Waals surface area contributed by atoms with Gasteiger partial charge in [0.15, 0.2) is 0 Å². The molecule has 17 heavy (non-hydrogen) atoms. The van der Waals surface area contributed by atoms with Gasteiger partial charge in [-0.05, 0) is 51.4 Å². The Labute approximate surface area is 110 Å². The maximum absolute atomic E-state index is 9.57. The number of hydrogen-bond acceptors (Lipinski definition) is 3. The zero-order valence-corrected chi connectivity index (χ0v) is 12.0. The zero-order valence-electron chi connectivity index (χ0n) is 10.5. The summed E-state index contributed by atoms with van der Waals surface area (Å²) in [6.45, 7) is 8.02. The van der Waals surface area contributed by atoms with Crippen LogP contribution in [0.15, 0.2) is 22.7 Å². The molecule has 0 aromatic heterocycles. The second kappa shape index (κ2) is 4.00. The van der Waals surface area contributed by atoms with Crippen LogP contribution < -0.4 is 5.46 Å². The van der Waals surface area contributed by atoms with Crippen molar-refractivity contribution in [2.45, 2.75) is 38.9 Å². The molecular weight excluding hydrogens is 283 g/mol. The number of halogens is 1. The smallest absolute Gasteiger partial charge is 0.495 e. The largest absolute Gasteiger partial charge is 0.508 e. The van der Waals surface area contributed by atoms with Crippen LogP contribution in [-0.4, -0.2) is 23.4 Å². The van der Waals surface area contributed by atoms with E-state index in [9.17, 15) is 5.11 Å². The average Bonchev–Trinajstić information content (AvgIpc) is 2.34. The van der Waals surface area contributed by atoms with Crippen molar-refractivity contribution in [2.24, 2.45) is 0 Å². The van der Waals surface area contributed by atoms with Crippen LogP contribution in [0, 0.1) is 0 Å². The SMILES string of the molecule is CC1(C)OB(c2cc(O)cc(Br)c2)OC1(C)C. The standard InChI is InChI=1S/C12H16BBrO3/c1-11(2)12(3,4)17-13(16-11)8-5-9(14)7-10(15)6-8/h5-7,15H,1-4H3. The van der Waals surface area contributed by atoms with Crippen LogP contribution in [0.25, 0.3) is 0 Å². The van der Waals surface area contributed by atoms with Gasteiger partial charge in [-0.1, -0.05) is 15.9 Å². The molecule has 0 amide bonds. The Morgan fingerprint density at radius 2 is 1.59 bits per heavy atom. The van der Waals surface area contributed by atoms with Gasteiger partial charge >= 0.3 is 7.12 Å². The number of benzene rings is 1. The summed E-state index contributed by atoms with van der Waals surface area (Å²) in [5.74, 6) is 0.198. The third-order valence-electron chi connectivity index (χ3n) is 3.43. The van der Waals surface area contributed by atoms with E-state index >= 15 is 0 Å². The van der Waals surface area contributed by atoms with Crippen LogP contribution >= 0.6 is 15.9 Å². The average molecular weight is 299 g/mol. The van der Waals surface area contributed by atoms with Crippen molar-refractivity contribution in [1.82, 2.24) is 0 Å². The third-order valence-corrected chi connectivity index (χ3v) is 3.89. The maximum Gasteiger partial charge on any atom is 0.495 e. The lowest BCUT2D eigenvalue weighted by atomic mass is 9.79. The summed E-state index contributed by atoms with van der Waals surface area (Å²) in [6.07, 6.45) is 0. The molecule has 1 saturated heterocycles. The highest BCUT2D eigenvalue weighted by Gasteiger charge is 2.51. The van der Waals surface area contributed by atoms with E-state index in [1.165, 1.54) is 0 Å². The predicted molar refractivity (Wildman–Crippen MR) is 71.5 cm³/mol. The lowest BCUT2D eigenvalue weighted by Gasteiger charge is -2.32. The topological polar surface area (TPSA) is 38.7 Å². The molecule has 0 radical (unpaired) electrons. The summed E-state index contributed by atoms with van der Waals surface area (Å²) < 4.78 is 12.6. The highest BCUT2D eigenvalue weighted by atomic mass is 79.9. The lowest BCUT2D eigenvalue weighted by Crippen LogP contribution is -2.41. The van der Waals surface area contributed by atoms with E-state index in [0.29, 0.717) is 0 Å². The van der Waals surface area contributed by atoms with Crippen molar-refractivity contribution in [3.05, 3.63) is 22.7 Å². The summed E-state index contributed by atoms with van der Waals surface area (Å²) in [5, 5.41) is 9.57. The van der Waals surface area contributed by atoms with Crippen LogP contribution in [0.1, 0.15) is 27.7 Å². The number of hydrogen-bond donors (Lipinski definition) is 1. The van der Waals surface area contributed by atoms with Gasteiger partial charge in [0.2, 0.25) is 0 Å². The number of aromatic hydroxyl groups is 1. The van der Waals surface area contributed by atoms with E-state index in [4.69, 9.17) is 9.31 Å². The van der Waals surface area contributed by atoms with Crippen LogP contribution in [0.4, 0.5) is 0 Å². The molecule has 1 aromatic rings. The molecule has 0 aliphatic carbocycles. The molecule has 1 aromatic carbocycles. The highest BCUT2D eigenvalue weighted by molar-refractivity contribution is 9.10. The summed E-state index contributed by atoms with van der Waals surface area (Å²) in [6, 6.07) is 5.18. The normalized spacial score (nSPS) is 21.8. The van der Waals surface area contributed by atoms with Gasteiger partial charge in [-0.15, -0.1) is 0 Å². The fourth-order valence-corrected chi connectivity index (χ4v) is 2.21. The molecular formula is C12H16BBrO3. The quantitative estimate of drug-likeness (QED) is 0.810. The van der Waals surface area contributed by atoms with E-state index in [1.54, 1.807) is 12.1 Å². The summed E-state index contributed by atoms with van der Waals surface area (Å²) in [5.41, 5.74) is 0.0844. The van der Waals surface area contributed by atoms with E-state index in [-0.39, 0.29) is 17.0 Å². The Kier molecular flexibility index (Phi) is 3.05. The van der Waals surface area contributed by atoms with Gasteiger partial charge in [0.1, 0.15) is 5.75 Å².